The van der Waals surface area contributed by atoms with Gasteiger partial charge in [-0.05, 0) is 44.9 Å². The Bertz CT molecular complexity index is 712. The lowest BCUT2D eigenvalue weighted by atomic mass is 10.1. The summed E-state index contributed by atoms with van der Waals surface area (Å²) in [4.78, 5) is 23.4. The topological polar surface area (TPSA) is 76.7 Å². The van der Waals surface area contributed by atoms with Crippen LogP contribution in [0, 0.1) is 0 Å². The molecule has 1 aromatic heterocycles. The van der Waals surface area contributed by atoms with Gasteiger partial charge in [-0.1, -0.05) is 56.2 Å². The van der Waals surface area contributed by atoms with Crippen LogP contribution in [0.15, 0.2) is 58.0 Å². The summed E-state index contributed by atoms with van der Waals surface area (Å²) in [7, 11) is 0. The van der Waals surface area contributed by atoms with Crippen LogP contribution in [0.4, 0.5) is 0 Å². The first kappa shape index (κ1) is 24.6. The number of hydrogen-bond donors (Lipinski definition) is 1. The van der Waals surface area contributed by atoms with Gasteiger partial charge in [0.25, 0.3) is 0 Å². The van der Waals surface area contributed by atoms with E-state index < -0.39 is 11.4 Å². The molecule has 0 aliphatic carbocycles. The van der Waals surface area contributed by atoms with Crippen LogP contribution in [0.25, 0.3) is 0 Å². The lowest BCUT2D eigenvalue weighted by Crippen LogP contribution is -2.14. The Morgan fingerprint density at radius 2 is 1.62 bits per heavy atom. The summed E-state index contributed by atoms with van der Waals surface area (Å²) in [6.07, 6.45) is 23.8. The predicted octanol–water partition coefficient (Wildman–Crippen LogP) is 5.63. The first-order valence-electron chi connectivity index (χ1n) is 10.6. The van der Waals surface area contributed by atoms with Crippen molar-refractivity contribution < 1.29 is 19.1 Å². The molecule has 1 heterocycles. The van der Waals surface area contributed by atoms with E-state index in [-0.39, 0.29) is 24.5 Å². The van der Waals surface area contributed by atoms with Gasteiger partial charge in [0.15, 0.2) is 0 Å². The second kappa shape index (κ2) is 16.5. The number of ether oxygens (including phenoxy) is 1. The van der Waals surface area contributed by atoms with E-state index in [2.05, 4.69) is 43.4 Å². The maximum absolute atomic E-state index is 11.8. The normalized spacial score (nSPS) is 11.8. The average molecular weight is 403 g/mol. The average Bonchev–Trinajstić information content (AvgIpc) is 2.72. The zero-order chi connectivity index (χ0) is 21.2. The highest BCUT2D eigenvalue weighted by molar-refractivity contribution is 5.72. The molecule has 0 atom stereocenters. The van der Waals surface area contributed by atoms with Gasteiger partial charge in [0, 0.05) is 12.5 Å². The molecule has 0 aliphatic heterocycles. The van der Waals surface area contributed by atoms with Crippen LogP contribution in [0.2, 0.25) is 0 Å². The third-order valence-corrected chi connectivity index (χ3v) is 4.25. The maximum Gasteiger partial charge on any atom is 0.311 e. The van der Waals surface area contributed by atoms with Crippen LogP contribution in [0.5, 0.6) is 5.75 Å². The van der Waals surface area contributed by atoms with Gasteiger partial charge in [-0.15, -0.1) is 0 Å². The van der Waals surface area contributed by atoms with Crippen molar-refractivity contribution in [2.75, 3.05) is 0 Å². The van der Waals surface area contributed by atoms with E-state index in [0.29, 0.717) is 6.42 Å². The molecule has 0 aromatic carbocycles. The molecule has 0 amide bonds. The number of unbranched alkanes of at least 4 members (excludes halogenated alkanes) is 5. The van der Waals surface area contributed by atoms with Gasteiger partial charge in [-0.25, -0.2) is 0 Å². The molecule has 1 aromatic rings. The Morgan fingerprint density at radius 1 is 1.00 bits per heavy atom. The van der Waals surface area contributed by atoms with Crippen LogP contribution >= 0.6 is 0 Å². The monoisotopic (exact) mass is 402 g/mol. The number of esters is 1. The summed E-state index contributed by atoms with van der Waals surface area (Å²) in [6, 6.07) is 1.12. The molecule has 0 unspecified atom stereocenters. The molecule has 29 heavy (non-hydrogen) atoms. The van der Waals surface area contributed by atoms with Crippen LogP contribution in [-0.4, -0.2) is 11.1 Å². The van der Waals surface area contributed by atoms with E-state index >= 15 is 0 Å². The highest BCUT2D eigenvalue weighted by Crippen LogP contribution is 2.09. The lowest BCUT2D eigenvalue weighted by molar-refractivity contribution is -0.134. The summed E-state index contributed by atoms with van der Waals surface area (Å²) in [5, 5.41) is 8.88. The van der Waals surface area contributed by atoms with Crippen molar-refractivity contribution in [3.63, 3.8) is 0 Å². The Morgan fingerprint density at radius 3 is 2.21 bits per heavy atom. The third-order valence-electron chi connectivity index (χ3n) is 4.25. The number of hydrogen-bond acceptors (Lipinski definition) is 5. The fourth-order valence-electron chi connectivity index (χ4n) is 2.59. The summed E-state index contributed by atoms with van der Waals surface area (Å²) < 4.78 is 9.98. The molecule has 0 radical (unpaired) electrons. The number of aliphatic hydroxyl groups is 1. The Kier molecular flexibility index (Phi) is 14.1. The number of allylic oxidation sites excluding steroid dienone is 6. The van der Waals surface area contributed by atoms with Gasteiger partial charge in [0.05, 0.1) is 0 Å². The minimum absolute atomic E-state index is 0.135. The zero-order valence-corrected chi connectivity index (χ0v) is 17.5. The molecular formula is C24H34O5. The number of aliphatic hydroxyl groups excluding tert-OH is 1. The molecule has 0 saturated carbocycles. The standard InChI is InChI=1S/C24H34O5/c1-2-3-4-5-6-7-8-9-10-11-12-13-14-15-16-17-24(27)29-23-20-28-21(19-25)18-22(23)26/h6-7,9-10,12-13,18,20,25H,2-5,8,11,14-17,19H2,1H3. The molecule has 5 heteroatoms. The summed E-state index contributed by atoms with van der Waals surface area (Å²) >= 11 is 0. The van der Waals surface area contributed by atoms with E-state index in [1.807, 2.05) is 0 Å². The molecule has 0 spiro atoms. The van der Waals surface area contributed by atoms with E-state index in [1.165, 1.54) is 25.7 Å². The van der Waals surface area contributed by atoms with Gasteiger partial charge in [-0.2, -0.15) is 0 Å². The zero-order valence-electron chi connectivity index (χ0n) is 17.5. The van der Waals surface area contributed by atoms with Crippen LogP contribution < -0.4 is 10.2 Å². The van der Waals surface area contributed by atoms with E-state index in [0.717, 1.165) is 38.0 Å². The van der Waals surface area contributed by atoms with Crippen molar-refractivity contribution in [2.24, 2.45) is 0 Å². The SMILES string of the molecule is CCCCCC=CCC=CCC=CCCCCC(=O)Oc1coc(CO)cc1=O. The molecule has 0 bridgehead atoms. The molecule has 0 aliphatic rings. The number of carbonyl (C=O) groups is 1. The fraction of sp³-hybridized carbons (Fsp3) is 0.500. The quantitative estimate of drug-likeness (QED) is 0.234. The van der Waals surface area contributed by atoms with Gasteiger partial charge in [0.1, 0.15) is 18.6 Å². The molecule has 5 nitrogen and oxygen atoms in total. The van der Waals surface area contributed by atoms with Gasteiger partial charge in [0.2, 0.25) is 11.2 Å². The summed E-state index contributed by atoms with van der Waals surface area (Å²) in [6.45, 7) is 1.85. The lowest BCUT2D eigenvalue weighted by Gasteiger charge is -2.03. The second-order valence-electron chi connectivity index (χ2n) is 6.83. The van der Waals surface area contributed by atoms with E-state index in [9.17, 15) is 9.59 Å². The van der Waals surface area contributed by atoms with Gasteiger partial charge < -0.3 is 14.3 Å². The molecule has 1 rings (SSSR count). The van der Waals surface area contributed by atoms with Crippen molar-refractivity contribution in [1.29, 1.82) is 0 Å². The van der Waals surface area contributed by atoms with Crippen LogP contribution in [-0.2, 0) is 11.4 Å². The highest BCUT2D eigenvalue weighted by atomic mass is 16.5. The summed E-state index contributed by atoms with van der Waals surface area (Å²) in [5.74, 6) is -0.464. The number of rotatable bonds is 15. The van der Waals surface area contributed by atoms with E-state index in [1.54, 1.807) is 0 Å². The van der Waals surface area contributed by atoms with Crippen LogP contribution in [0.3, 0.4) is 0 Å². The first-order chi connectivity index (χ1) is 14.2. The van der Waals surface area contributed by atoms with Gasteiger partial charge >= 0.3 is 5.97 Å². The third kappa shape index (κ3) is 12.6. The summed E-state index contributed by atoms with van der Waals surface area (Å²) in [5.41, 5.74) is -0.475. The predicted molar refractivity (Wildman–Crippen MR) is 116 cm³/mol. The van der Waals surface area contributed by atoms with Crippen molar-refractivity contribution >= 4 is 5.97 Å². The Labute approximate surface area is 173 Å². The number of carbonyl (C=O) groups excluding carboxylic acids is 1. The molecular weight excluding hydrogens is 368 g/mol. The molecule has 0 saturated heterocycles. The Balaban J connectivity index is 2.06. The van der Waals surface area contributed by atoms with Crippen molar-refractivity contribution in [1.82, 2.24) is 0 Å². The minimum atomic E-state index is -0.475. The minimum Gasteiger partial charge on any atom is -0.463 e. The molecule has 160 valence electrons. The van der Waals surface area contributed by atoms with Crippen molar-refractivity contribution in [3.8, 4) is 5.75 Å². The van der Waals surface area contributed by atoms with Crippen molar-refractivity contribution in [3.05, 3.63) is 64.8 Å². The van der Waals surface area contributed by atoms with E-state index in [4.69, 9.17) is 14.3 Å². The first-order valence-corrected chi connectivity index (χ1v) is 10.6. The van der Waals surface area contributed by atoms with Crippen molar-refractivity contribution in [2.45, 2.75) is 77.7 Å². The maximum atomic E-state index is 11.8. The highest BCUT2D eigenvalue weighted by Gasteiger charge is 2.09. The Hall–Kier alpha value is -2.40. The largest absolute Gasteiger partial charge is 0.463 e. The fourth-order valence-corrected chi connectivity index (χ4v) is 2.59. The smallest absolute Gasteiger partial charge is 0.311 e. The van der Waals surface area contributed by atoms with Gasteiger partial charge in [-0.3, -0.25) is 9.59 Å². The second-order valence-corrected chi connectivity index (χ2v) is 6.83. The van der Waals surface area contributed by atoms with Crippen LogP contribution in [0.1, 0.15) is 76.9 Å². The molecule has 1 N–H and O–H groups in total. The molecule has 0 fully saturated rings.